The van der Waals surface area contributed by atoms with Crippen LogP contribution in [0.3, 0.4) is 0 Å². The molecule has 1 aromatic carbocycles. The SMILES string of the molecule is CCn1c(COc2ccccc2OC)nnc1SCC(=O)N[C@@H]1CCCC[C@@H]1C. The van der Waals surface area contributed by atoms with Crippen LogP contribution >= 0.6 is 11.8 Å². The van der Waals surface area contributed by atoms with E-state index in [0.29, 0.717) is 35.8 Å². The number of hydrogen-bond acceptors (Lipinski definition) is 6. The summed E-state index contributed by atoms with van der Waals surface area (Å²) in [5, 5.41) is 12.4. The van der Waals surface area contributed by atoms with Gasteiger partial charge in [0.25, 0.3) is 0 Å². The molecule has 7 nitrogen and oxygen atoms in total. The lowest BCUT2D eigenvalue weighted by molar-refractivity contribution is -0.119. The van der Waals surface area contributed by atoms with Crippen LogP contribution in [0.1, 0.15) is 45.4 Å². The summed E-state index contributed by atoms with van der Waals surface area (Å²) in [5.41, 5.74) is 0. The topological polar surface area (TPSA) is 78.3 Å². The van der Waals surface area contributed by atoms with E-state index in [-0.39, 0.29) is 12.5 Å². The zero-order valence-electron chi connectivity index (χ0n) is 17.4. The number of benzene rings is 1. The molecule has 3 rings (SSSR count). The van der Waals surface area contributed by atoms with Gasteiger partial charge in [0.1, 0.15) is 6.61 Å². The maximum Gasteiger partial charge on any atom is 0.230 e. The van der Waals surface area contributed by atoms with Crippen molar-refractivity contribution in [3.05, 3.63) is 30.1 Å². The number of hydrogen-bond donors (Lipinski definition) is 1. The molecule has 1 aromatic heterocycles. The van der Waals surface area contributed by atoms with Crippen molar-refractivity contribution >= 4 is 17.7 Å². The highest BCUT2D eigenvalue weighted by Gasteiger charge is 2.23. The fraction of sp³-hybridized carbons (Fsp3) is 0.571. The van der Waals surface area contributed by atoms with Gasteiger partial charge in [-0.3, -0.25) is 4.79 Å². The zero-order valence-corrected chi connectivity index (χ0v) is 18.2. The lowest BCUT2D eigenvalue weighted by Gasteiger charge is -2.29. The Labute approximate surface area is 176 Å². The standard InChI is InChI=1S/C21H30N4O3S/c1-4-25-19(13-28-18-12-8-7-11-17(18)27-3)23-24-21(25)29-14-20(26)22-16-10-6-5-9-15(16)2/h7-8,11-12,15-16H,4-6,9-10,13-14H2,1-3H3,(H,22,26)/t15-,16+/m0/s1. The van der Waals surface area contributed by atoms with Crippen LogP contribution in [0, 0.1) is 5.92 Å². The van der Waals surface area contributed by atoms with Gasteiger partial charge < -0.3 is 19.4 Å². The lowest BCUT2D eigenvalue weighted by atomic mass is 9.86. The molecule has 8 heteroatoms. The van der Waals surface area contributed by atoms with E-state index in [2.05, 4.69) is 22.4 Å². The summed E-state index contributed by atoms with van der Waals surface area (Å²) in [5.74, 6) is 3.02. The molecule has 158 valence electrons. The number of rotatable bonds is 9. The van der Waals surface area contributed by atoms with Crippen LogP contribution in [0.25, 0.3) is 0 Å². The van der Waals surface area contributed by atoms with Crippen LogP contribution in [0.15, 0.2) is 29.4 Å². The number of amides is 1. The molecule has 1 amide bonds. The van der Waals surface area contributed by atoms with E-state index >= 15 is 0 Å². The van der Waals surface area contributed by atoms with Crippen LogP contribution in [0.2, 0.25) is 0 Å². The first-order chi connectivity index (χ1) is 14.1. The van der Waals surface area contributed by atoms with Gasteiger partial charge in [-0.25, -0.2) is 0 Å². The second-order valence-corrected chi connectivity index (χ2v) is 8.25. The average molecular weight is 419 g/mol. The molecular weight excluding hydrogens is 388 g/mol. The van der Waals surface area contributed by atoms with Crippen molar-refractivity contribution in [3.63, 3.8) is 0 Å². The second kappa shape index (κ2) is 10.5. The number of aromatic nitrogens is 3. The third kappa shape index (κ3) is 5.65. The number of nitrogens with one attached hydrogen (secondary N) is 1. The van der Waals surface area contributed by atoms with Crippen LogP contribution < -0.4 is 14.8 Å². The number of carbonyl (C=O) groups is 1. The first kappa shape index (κ1) is 21.5. The first-order valence-corrected chi connectivity index (χ1v) is 11.2. The van der Waals surface area contributed by atoms with Crippen LogP contribution in [-0.4, -0.2) is 39.6 Å². The smallest absolute Gasteiger partial charge is 0.230 e. The Hall–Kier alpha value is -2.22. The molecule has 0 saturated heterocycles. The molecule has 2 aromatic rings. The Kier molecular flexibility index (Phi) is 7.80. The molecule has 1 N–H and O–H groups in total. The van der Waals surface area contributed by atoms with Crippen molar-refractivity contribution in [2.24, 2.45) is 5.92 Å². The summed E-state index contributed by atoms with van der Waals surface area (Å²) in [6.07, 6.45) is 4.73. The molecule has 0 unspecified atom stereocenters. The molecule has 0 spiro atoms. The number of thioether (sulfide) groups is 1. The molecule has 1 aliphatic rings. The lowest BCUT2D eigenvalue weighted by Crippen LogP contribution is -2.41. The van der Waals surface area contributed by atoms with Crippen molar-refractivity contribution in [2.45, 2.75) is 63.9 Å². The number of para-hydroxylation sites is 2. The van der Waals surface area contributed by atoms with Gasteiger partial charge in [-0.05, 0) is 37.8 Å². The minimum Gasteiger partial charge on any atom is -0.493 e. The molecule has 0 aliphatic heterocycles. The summed E-state index contributed by atoms with van der Waals surface area (Å²) in [6, 6.07) is 7.81. The Morgan fingerprint density at radius 3 is 2.72 bits per heavy atom. The highest BCUT2D eigenvalue weighted by molar-refractivity contribution is 7.99. The third-order valence-corrected chi connectivity index (χ3v) is 6.29. The van der Waals surface area contributed by atoms with Gasteiger partial charge in [0.15, 0.2) is 22.5 Å². The maximum absolute atomic E-state index is 12.4. The molecule has 0 radical (unpaired) electrons. The monoisotopic (exact) mass is 418 g/mol. The fourth-order valence-corrected chi connectivity index (χ4v) is 4.47. The normalized spacial score (nSPS) is 19.0. The summed E-state index contributed by atoms with van der Waals surface area (Å²) in [6.45, 7) is 5.25. The molecule has 1 aliphatic carbocycles. The van der Waals surface area contributed by atoms with Crippen molar-refractivity contribution in [3.8, 4) is 11.5 Å². The molecular formula is C21H30N4O3S. The largest absolute Gasteiger partial charge is 0.493 e. The number of ether oxygens (including phenoxy) is 2. The van der Waals surface area contributed by atoms with E-state index in [1.165, 1.54) is 31.0 Å². The predicted octanol–water partition coefficient (Wildman–Crippen LogP) is 3.67. The maximum atomic E-state index is 12.4. The summed E-state index contributed by atoms with van der Waals surface area (Å²) in [7, 11) is 1.62. The van der Waals surface area contributed by atoms with E-state index in [1.54, 1.807) is 7.11 Å². The zero-order chi connectivity index (χ0) is 20.6. The van der Waals surface area contributed by atoms with Crippen LogP contribution in [0.4, 0.5) is 0 Å². The fourth-order valence-electron chi connectivity index (χ4n) is 3.64. The quantitative estimate of drug-likeness (QED) is 0.626. The number of methoxy groups -OCH3 is 1. The van der Waals surface area contributed by atoms with E-state index in [9.17, 15) is 4.79 Å². The van der Waals surface area contributed by atoms with Crippen molar-refractivity contribution in [1.29, 1.82) is 0 Å². The molecule has 2 atom stereocenters. The molecule has 29 heavy (non-hydrogen) atoms. The van der Waals surface area contributed by atoms with Crippen LogP contribution in [0.5, 0.6) is 11.5 Å². The number of carbonyl (C=O) groups excluding carboxylic acids is 1. The van der Waals surface area contributed by atoms with Gasteiger partial charge >= 0.3 is 0 Å². The van der Waals surface area contributed by atoms with E-state index in [0.717, 1.165) is 17.4 Å². The molecule has 0 bridgehead atoms. The summed E-state index contributed by atoms with van der Waals surface area (Å²) >= 11 is 1.42. The van der Waals surface area contributed by atoms with Gasteiger partial charge in [-0.1, -0.05) is 43.7 Å². The summed E-state index contributed by atoms with van der Waals surface area (Å²) < 4.78 is 13.2. The Morgan fingerprint density at radius 1 is 1.24 bits per heavy atom. The minimum atomic E-state index is 0.0613. The highest BCUT2D eigenvalue weighted by Crippen LogP contribution is 2.27. The van der Waals surface area contributed by atoms with E-state index in [1.807, 2.05) is 35.8 Å². The number of nitrogens with zero attached hydrogens (tertiary/aromatic N) is 3. The van der Waals surface area contributed by atoms with Gasteiger partial charge in [0.2, 0.25) is 5.91 Å². The van der Waals surface area contributed by atoms with Gasteiger partial charge in [-0.15, -0.1) is 10.2 Å². The van der Waals surface area contributed by atoms with Crippen molar-refractivity contribution in [2.75, 3.05) is 12.9 Å². The minimum absolute atomic E-state index is 0.0613. The molecule has 1 fully saturated rings. The predicted molar refractivity (Wildman–Crippen MR) is 113 cm³/mol. The van der Waals surface area contributed by atoms with E-state index in [4.69, 9.17) is 9.47 Å². The van der Waals surface area contributed by atoms with Gasteiger partial charge in [0.05, 0.1) is 12.9 Å². The third-order valence-electron chi connectivity index (χ3n) is 5.33. The molecule has 1 saturated carbocycles. The Bertz CT molecular complexity index is 811. The van der Waals surface area contributed by atoms with Gasteiger partial charge in [0, 0.05) is 12.6 Å². The van der Waals surface area contributed by atoms with Crippen LogP contribution in [-0.2, 0) is 17.9 Å². The first-order valence-electron chi connectivity index (χ1n) is 10.2. The van der Waals surface area contributed by atoms with E-state index < -0.39 is 0 Å². The highest BCUT2D eigenvalue weighted by atomic mass is 32.2. The van der Waals surface area contributed by atoms with Crippen molar-refractivity contribution < 1.29 is 14.3 Å². The van der Waals surface area contributed by atoms with Gasteiger partial charge in [-0.2, -0.15) is 0 Å². The second-order valence-electron chi connectivity index (χ2n) is 7.31. The Balaban J connectivity index is 1.55. The Morgan fingerprint density at radius 2 is 2.00 bits per heavy atom. The average Bonchev–Trinajstić information content (AvgIpc) is 3.14. The summed E-state index contributed by atoms with van der Waals surface area (Å²) in [4.78, 5) is 12.4. The molecule has 1 heterocycles. The van der Waals surface area contributed by atoms with Crippen molar-refractivity contribution in [1.82, 2.24) is 20.1 Å².